The van der Waals surface area contributed by atoms with E-state index < -0.39 is 0 Å². The Morgan fingerprint density at radius 1 is 1.06 bits per heavy atom. The molecule has 0 saturated heterocycles. The summed E-state index contributed by atoms with van der Waals surface area (Å²) in [5.41, 5.74) is 7.96. The monoisotopic (exact) mass is 297 g/mol. The lowest BCUT2D eigenvalue weighted by molar-refractivity contribution is 1.06. The Kier molecular flexibility index (Phi) is 4.57. The maximum absolute atomic E-state index is 6.17. The van der Waals surface area contributed by atoms with Crippen LogP contribution >= 0.6 is 35.0 Å². The lowest BCUT2D eigenvalue weighted by Crippen LogP contribution is -1.96. The molecule has 2 N–H and O–H groups in total. The van der Waals surface area contributed by atoms with E-state index in [0.717, 1.165) is 10.5 Å². The van der Waals surface area contributed by atoms with Gasteiger partial charge in [0.2, 0.25) is 0 Å². The molecule has 0 unspecified atom stereocenters. The molecule has 0 aromatic heterocycles. The molecule has 0 radical (unpaired) electrons. The van der Waals surface area contributed by atoms with Gasteiger partial charge in [-0.1, -0.05) is 47.1 Å². The van der Waals surface area contributed by atoms with E-state index in [1.807, 2.05) is 18.2 Å². The molecule has 0 heterocycles. The van der Waals surface area contributed by atoms with Crippen molar-refractivity contribution in [1.82, 2.24) is 0 Å². The highest BCUT2D eigenvalue weighted by atomic mass is 35.5. The zero-order chi connectivity index (χ0) is 13.1. The summed E-state index contributed by atoms with van der Waals surface area (Å²) in [6, 6.07) is 11.8. The van der Waals surface area contributed by atoms with Gasteiger partial charge in [-0.05, 0) is 42.3 Å². The first-order valence-corrected chi connectivity index (χ1v) is 7.10. The van der Waals surface area contributed by atoms with Crippen LogP contribution in [0.15, 0.2) is 46.2 Å². The summed E-state index contributed by atoms with van der Waals surface area (Å²) in [4.78, 5) is 2.18. The molecule has 0 atom stereocenters. The molecule has 0 aliphatic carbocycles. The van der Waals surface area contributed by atoms with Crippen LogP contribution in [0.4, 0.5) is 0 Å². The summed E-state index contributed by atoms with van der Waals surface area (Å²) >= 11 is 13.7. The smallest absolute Gasteiger partial charge is 0.0560 e. The number of halogens is 2. The Labute approximate surface area is 121 Å². The average Bonchev–Trinajstić information content (AvgIpc) is 2.34. The van der Waals surface area contributed by atoms with E-state index >= 15 is 0 Å². The molecule has 2 aromatic rings. The molecule has 0 bridgehead atoms. The Hall–Kier alpha value is -0.670. The third kappa shape index (κ3) is 3.21. The highest BCUT2D eigenvalue weighted by molar-refractivity contribution is 7.99. The van der Waals surface area contributed by atoms with E-state index in [-0.39, 0.29) is 0 Å². The van der Waals surface area contributed by atoms with Crippen LogP contribution in [-0.2, 0) is 6.54 Å². The van der Waals surface area contributed by atoms with Crippen LogP contribution in [0.5, 0.6) is 0 Å². The van der Waals surface area contributed by atoms with E-state index in [1.165, 1.54) is 10.5 Å². The minimum Gasteiger partial charge on any atom is -0.326 e. The number of hydrogen-bond acceptors (Lipinski definition) is 2. The Bertz CT molecular complexity index is 570. The van der Waals surface area contributed by atoms with Crippen LogP contribution in [-0.4, -0.2) is 0 Å². The van der Waals surface area contributed by atoms with Gasteiger partial charge >= 0.3 is 0 Å². The van der Waals surface area contributed by atoms with E-state index in [2.05, 4.69) is 19.1 Å². The molecule has 18 heavy (non-hydrogen) atoms. The molecule has 2 aromatic carbocycles. The first-order chi connectivity index (χ1) is 8.60. The Morgan fingerprint density at radius 2 is 1.78 bits per heavy atom. The predicted molar refractivity (Wildman–Crippen MR) is 79.7 cm³/mol. The second-order valence-corrected chi connectivity index (χ2v) is 5.91. The maximum Gasteiger partial charge on any atom is 0.0560 e. The van der Waals surface area contributed by atoms with E-state index in [0.29, 0.717) is 16.6 Å². The molecule has 0 saturated carbocycles. The highest BCUT2D eigenvalue weighted by Crippen LogP contribution is 2.36. The fourth-order valence-corrected chi connectivity index (χ4v) is 3.04. The van der Waals surface area contributed by atoms with Crippen LogP contribution in [0.25, 0.3) is 0 Å². The maximum atomic E-state index is 6.17. The van der Waals surface area contributed by atoms with Crippen molar-refractivity contribution in [3.8, 4) is 0 Å². The van der Waals surface area contributed by atoms with Crippen LogP contribution in [0.3, 0.4) is 0 Å². The van der Waals surface area contributed by atoms with Gasteiger partial charge < -0.3 is 5.73 Å². The Morgan fingerprint density at radius 3 is 2.39 bits per heavy atom. The topological polar surface area (TPSA) is 26.0 Å². The second kappa shape index (κ2) is 5.98. The summed E-state index contributed by atoms with van der Waals surface area (Å²) in [5.74, 6) is 0. The average molecular weight is 298 g/mol. The number of hydrogen-bond donors (Lipinski definition) is 1. The standard InChI is InChI=1S/C14H13Cl2NS/c1-9-6-10(8-17)2-4-13(9)18-14-5-3-11(15)7-12(14)16/h2-7H,8,17H2,1H3. The molecule has 4 heteroatoms. The van der Waals surface area contributed by atoms with Gasteiger partial charge in [0.1, 0.15) is 0 Å². The van der Waals surface area contributed by atoms with Gasteiger partial charge in [-0.25, -0.2) is 0 Å². The molecule has 0 spiro atoms. The van der Waals surface area contributed by atoms with Crippen molar-refractivity contribution in [2.24, 2.45) is 5.73 Å². The minimum absolute atomic E-state index is 0.563. The largest absolute Gasteiger partial charge is 0.326 e. The fraction of sp³-hybridized carbons (Fsp3) is 0.143. The number of aryl methyl sites for hydroxylation is 1. The normalized spacial score (nSPS) is 10.7. The third-order valence-corrected chi connectivity index (χ3v) is 4.50. The summed E-state index contributed by atoms with van der Waals surface area (Å²) in [5, 5.41) is 1.33. The van der Waals surface area contributed by atoms with Crippen LogP contribution in [0.2, 0.25) is 10.0 Å². The second-order valence-electron chi connectivity index (χ2n) is 3.98. The summed E-state index contributed by atoms with van der Waals surface area (Å²) in [6.07, 6.45) is 0. The van der Waals surface area contributed by atoms with E-state index in [1.54, 1.807) is 17.8 Å². The number of nitrogens with two attached hydrogens (primary N) is 1. The molecule has 0 fully saturated rings. The van der Waals surface area contributed by atoms with Crippen molar-refractivity contribution < 1.29 is 0 Å². The molecular weight excluding hydrogens is 285 g/mol. The first-order valence-electron chi connectivity index (χ1n) is 5.52. The summed E-state index contributed by atoms with van der Waals surface area (Å²) in [7, 11) is 0. The van der Waals surface area contributed by atoms with Gasteiger partial charge in [0.15, 0.2) is 0 Å². The Balaban J connectivity index is 2.28. The molecule has 94 valence electrons. The van der Waals surface area contributed by atoms with Gasteiger partial charge in [0.05, 0.1) is 5.02 Å². The van der Waals surface area contributed by atoms with Crippen molar-refractivity contribution in [1.29, 1.82) is 0 Å². The molecular formula is C14H13Cl2NS. The quantitative estimate of drug-likeness (QED) is 0.871. The van der Waals surface area contributed by atoms with Gasteiger partial charge in [-0.2, -0.15) is 0 Å². The van der Waals surface area contributed by atoms with Gasteiger partial charge in [-0.15, -0.1) is 0 Å². The number of benzene rings is 2. The van der Waals surface area contributed by atoms with Crippen LogP contribution in [0.1, 0.15) is 11.1 Å². The number of rotatable bonds is 3. The van der Waals surface area contributed by atoms with Crippen molar-refractivity contribution in [2.45, 2.75) is 23.3 Å². The van der Waals surface area contributed by atoms with Gasteiger partial charge in [0.25, 0.3) is 0 Å². The zero-order valence-corrected chi connectivity index (χ0v) is 12.2. The van der Waals surface area contributed by atoms with Crippen molar-refractivity contribution in [3.63, 3.8) is 0 Å². The summed E-state index contributed by atoms with van der Waals surface area (Å²) < 4.78 is 0. The minimum atomic E-state index is 0.563. The third-order valence-electron chi connectivity index (χ3n) is 2.59. The SMILES string of the molecule is Cc1cc(CN)ccc1Sc1ccc(Cl)cc1Cl. The van der Waals surface area contributed by atoms with Gasteiger partial charge in [0, 0.05) is 21.4 Å². The van der Waals surface area contributed by atoms with Crippen molar-refractivity contribution in [2.75, 3.05) is 0 Å². The fourth-order valence-electron chi connectivity index (χ4n) is 1.63. The van der Waals surface area contributed by atoms with Crippen molar-refractivity contribution in [3.05, 3.63) is 57.6 Å². The van der Waals surface area contributed by atoms with Crippen molar-refractivity contribution >= 4 is 35.0 Å². The molecule has 1 nitrogen and oxygen atoms in total. The molecule has 2 rings (SSSR count). The van der Waals surface area contributed by atoms with Crippen LogP contribution in [0, 0.1) is 6.92 Å². The molecule has 0 amide bonds. The predicted octanol–water partition coefficient (Wildman–Crippen LogP) is 4.91. The molecule has 0 aliphatic heterocycles. The lowest BCUT2D eigenvalue weighted by Gasteiger charge is -2.09. The zero-order valence-electron chi connectivity index (χ0n) is 9.91. The van der Waals surface area contributed by atoms with E-state index in [4.69, 9.17) is 28.9 Å². The first kappa shape index (κ1) is 13.8. The summed E-state index contributed by atoms with van der Waals surface area (Å²) in [6.45, 7) is 2.64. The van der Waals surface area contributed by atoms with Crippen LogP contribution < -0.4 is 5.73 Å². The lowest BCUT2D eigenvalue weighted by atomic mass is 10.1. The van der Waals surface area contributed by atoms with E-state index in [9.17, 15) is 0 Å². The van der Waals surface area contributed by atoms with Gasteiger partial charge in [-0.3, -0.25) is 0 Å². The highest BCUT2D eigenvalue weighted by Gasteiger charge is 2.06. The molecule has 0 aliphatic rings.